The molecular weight excluding hydrogens is 410 g/mol. The first kappa shape index (κ1) is 20.5. The highest BCUT2D eigenvalue weighted by atomic mass is 16.6. The third-order valence-corrected chi connectivity index (χ3v) is 4.68. The van der Waals surface area contributed by atoms with Crippen molar-refractivity contribution in [1.29, 1.82) is 0 Å². The number of hydrazone groups is 1. The summed E-state index contributed by atoms with van der Waals surface area (Å²) in [5.74, 6) is -0.324. The summed E-state index contributed by atoms with van der Waals surface area (Å²) in [6, 6.07) is 23.3. The topological polar surface area (TPSA) is 114 Å². The molecule has 1 amide bonds. The van der Waals surface area contributed by atoms with Crippen molar-refractivity contribution in [3.63, 3.8) is 0 Å². The number of rotatable bonds is 6. The van der Waals surface area contributed by atoms with Gasteiger partial charge in [-0.05, 0) is 41.1 Å². The van der Waals surface area contributed by atoms with Gasteiger partial charge in [0.15, 0.2) is 0 Å². The number of hydrogen-bond acceptors (Lipinski definition) is 6. The molecule has 4 aromatic rings. The largest absolute Gasteiger partial charge is 0.507 e. The van der Waals surface area contributed by atoms with Gasteiger partial charge in [0.1, 0.15) is 11.5 Å². The highest BCUT2D eigenvalue weighted by Crippen LogP contribution is 2.32. The maximum Gasteiger partial charge on any atom is 0.311 e. The molecule has 158 valence electrons. The van der Waals surface area contributed by atoms with Gasteiger partial charge in [0.25, 0.3) is 5.91 Å². The van der Waals surface area contributed by atoms with E-state index in [0.717, 1.165) is 10.8 Å². The molecular formula is C24H17N3O5. The summed E-state index contributed by atoms with van der Waals surface area (Å²) in [6.45, 7) is 0. The third-order valence-electron chi connectivity index (χ3n) is 4.68. The molecule has 4 rings (SSSR count). The zero-order chi connectivity index (χ0) is 22.5. The maximum atomic E-state index is 12.5. The van der Waals surface area contributed by atoms with Gasteiger partial charge in [0.2, 0.25) is 5.75 Å². The molecule has 0 fully saturated rings. The van der Waals surface area contributed by atoms with Crippen LogP contribution in [0.15, 0.2) is 90.0 Å². The predicted octanol–water partition coefficient (Wildman–Crippen LogP) is 5.01. The number of amides is 1. The number of nitro benzene ring substituents is 1. The Morgan fingerprint density at radius 1 is 0.938 bits per heavy atom. The molecule has 0 aliphatic rings. The number of phenols is 1. The highest BCUT2D eigenvalue weighted by molar-refractivity contribution is 6.01. The minimum atomic E-state index is -0.582. The van der Waals surface area contributed by atoms with Crippen LogP contribution in [0.2, 0.25) is 0 Å². The Balaban J connectivity index is 1.53. The maximum absolute atomic E-state index is 12.5. The lowest BCUT2D eigenvalue weighted by molar-refractivity contribution is -0.385. The van der Waals surface area contributed by atoms with E-state index in [1.807, 2.05) is 24.3 Å². The molecule has 8 nitrogen and oxygen atoms in total. The van der Waals surface area contributed by atoms with Crippen molar-refractivity contribution < 1.29 is 19.6 Å². The smallest absolute Gasteiger partial charge is 0.311 e. The van der Waals surface area contributed by atoms with Crippen molar-refractivity contribution in [2.75, 3.05) is 0 Å². The van der Waals surface area contributed by atoms with Gasteiger partial charge < -0.3 is 9.84 Å². The monoisotopic (exact) mass is 427 g/mol. The van der Waals surface area contributed by atoms with E-state index in [2.05, 4.69) is 10.5 Å². The van der Waals surface area contributed by atoms with Crippen molar-refractivity contribution in [2.24, 2.45) is 5.10 Å². The number of hydrogen-bond donors (Lipinski definition) is 2. The van der Waals surface area contributed by atoms with Gasteiger partial charge in [0, 0.05) is 11.6 Å². The van der Waals surface area contributed by atoms with Crippen LogP contribution in [0.1, 0.15) is 15.9 Å². The van der Waals surface area contributed by atoms with Gasteiger partial charge >= 0.3 is 5.69 Å². The molecule has 0 spiro atoms. The second kappa shape index (κ2) is 8.97. The zero-order valence-electron chi connectivity index (χ0n) is 16.6. The number of fused-ring (bicyclic) bond motifs is 1. The lowest BCUT2D eigenvalue weighted by Gasteiger charge is -2.09. The number of carbonyl (C=O) groups is 1. The normalized spacial score (nSPS) is 10.9. The number of nitro groups is 1. The molecule has 8 heteroatoms. The Labute approximate surface area is 182 Å². The van der Waals surface area contributed by atoms with E-state index >= 15 is 0 Å². The third kappa shape index (κ3) is 4.39. The summed E-state index contributed by atoms with van der Waals surface area (Å²) in [4.78, 5) is 23.2. The quantitative estimate of drug-likeness (QED) is 0.255. The fraction of sp³-hybridized carbons (Fsp3) is 0. The van der Waals surface area contributed by atoms with Crippen LogP contribution in [-0.2, 0) is 0 Å². The van der Waals surface area contributed by atoms with Crippen LogP contribution in [0.5, 0.6) is 17.2 Å². The van der Waals surface area contributed by atoms with E-state index in [9.17, 15) is 20.0 Å². The second-order valence-electron chi connectivity index (χ2n) is 6.78. The van der Waals surface area contributed by atoms with E-state index in [4.69, 9.17) is 4.74 Å². The first-order chi connectivity index (χ1) is 15.5. The summed E-state index contributed by atoms with van der Waals surface area (Å²) in [5, 5.41) is 27.0. The average molecular weight is 427 g/mol. The number of para-hydroxylation sites is 3. The molecule has 0 saturated heterocycles. The molecule has 0 aromatic heterocycles. The van der Waals surface area contributed by atoms with E-state index < -0.39 is 10.8 Å². The summed E-state index contributed by atoms with van der Waals surface area (Å²) in [6.07, 6.45) is 1.36. The van der Waals surface area contributed by atoms with Crippen molar-refractivity contribution in [2.45, 2.75) is 0 Å². The van der Waals surface area contributed by atoms with Gasteiger partial charge in [-0.2, -0.15) is 5.10 Å². The number of carbonyl (C=O) groups excluding carboxylic acids is 1. The Hall–Kier alpha value is -4.72. The molecule has 0 aliphatic carbocycles. The van der Waals surface area contributed by atoms with Crippen LogP contribution in [0.4, 0.5) is 5.69 Å². The standard InChI is InChI=1S/C24H17N3O5/c28-21-14-17-8-2-1-7-16(17)13-19(21)24(29)26-25-15-18-9-3-5-11-22(18)32-23-12-6-4-10-20(23)27(30)31/h1-15,28H,(H,26,29)/b25-15+. The van der Waals surface area contributed by atoms with E-state index in [1.54, 1.807) is 42.5 Å². The summed E-state index contributed by atoms with van der Waals surface area (Å²) >= 11 is 0. The summed E-state index contributed by atoms with van der Waals surface area (Å²) in [7, 11) is 0. The van der Waals surface area contributed by atoms with Crippen LogP contribution in [0.3, 0.4) is 0 Å². The molecule has 4 aromatic carbocycles. The van der Waals surface area contributed by atoms with Crippen LogP contribution in [0.25, 0.3) is 10.8 Å². The first-order valence-corrected chi connectivity index (χ1v) is 9.58. The van der Waals surface area contributed by atoms with Crippen molar-refractivity contribution in [1.82, 2.24) is 5.43 Å². The van der Waals surface area contributed by atoms with Crippen LogP contribution < -0.4 is 10.2 Å². The molecule has 0 radical (unpaired) electrons. The van der Waals surface area contributed by atoms with Crippen LogP contribution >= 0.6 is 0 Å². The SMILES string of the molecule is O=C(N/N=C/c1ccccc1Oc1ccccc1[N+](=O)[O-])c1cc2ccccc2cc1O. The van der Waals surface area contributed by atoms with E-state index in [1.165, 1.54) is 24.4 Å². The molecule has 0 aliphatic heterocycles. The lowest BCUT2D eigenvalue weighted by Crippen LogP contribution is -2.17. The Bertz CT molecular complexity index is 1350. The molecule has 0 unspecified atom stereocenters. The van der Waals surface area contributed by atoms with Gasteiger partial charge in [-0.25, -0.2) is 5.43 Å². The summed E-state index contributed by atoms with van der Waals surface area (Å²) < 4.78 is 5.73. The summed E-state index contributed by atoms with van der Waals surface area (Å²) in [5.41, 5.74) is 2.80. The number of ether oxygens (including phenoxy) is 1. The second-order valence-corrected chi connectivity index (χ2v) is 6.78. The van der Waals surface area contributed by atoms with Gasteiger partial charge in [-0.1, -0.05) is 48.5 Å². The van der Waals surface area contributed by atoms with Gasteiger partial charge in [-0.3, -0.25) is 14.9 Å². The molecule has 0 heterocycles. The van der Waals surface area contributed by atoms with Crippen molar-refractivity contribution >= 4 is 28.6 Å². The van der Waals surface area contributed by atoms with Gasteiger partial charge in [-0.15, -0.1) is 0 Å². The molecule has 0 saturated carbocycles. The number of nitrogens with zero attached hydrogens (tertiary/aromatic N) is 2. The molecule has 0 atom stereocenters. The van der Waals surface area contributed by atoms with Crippen LogP contribution in [-0.4, -0.2) is 22.2 Å². The number of phenolic OH excluding ortho intramolecular Hbond substituents is 1. The molecule has 0 bridgehead atoms. The van der Waals surface area contributed by atoms with Crippen molar-refractivity contribution in [3.05, 3.63) is 106 Å². The zero-order valence-corrected chi connectivity index (χ0v) is 16.6. The van der Waals surface area contributed by atoms with Gasteiger partial charge in [0.05, 0.1) is 16.7 Å². The van der Waals surface area contributed by atoms with Crippen molar-refractivity contribution in [3.8, 4) is 17.2 Å². The highest BCUT2D eigenvalue weighted by Gasteiger charge is 2.16. The minimum absolute atomic E-state index is 0.0865. The fourth-order valence-corrected chi connectivity index (χ4v) is 3.12. The average Bonchev–Trinajstić information content (AvgIpc) is 2.80. The predicted molar refractivity (Wildman–Crippen MR) is 120 cm³/mol. The molecule has 32 heavy (non-hydrogen) atoms. The Kier molecular flexibility index (Phi) is 5.76. The lowest BCUT2D eigenvalue weighted by atomic mass is 10.1. The minimum Gasteiger partial charge on any atom is -0.507 e. The van der Waals surface area contributed by atoms with E-state index in [-0.39, 0.29) is 22.7 Å². The number of benzene rings is 4. The fourth-order valence-electron chi connectivity index (χ4n) is 3.12. The van der Waals surface area contributed by atoms with Crippen LogP contribution in [0, 0.1) is 10.1 Å². The Morgan fingerprint density at radius 2 is 1.56 bits per heavy atom. The number of aromatic hydroxyl groups is 1. The Morgan fingerprint density at radius 3 is 2.31 bits per heavy atom. The molecule has 2 N–H and O–H groups in total. The first-order valence-electron chi connectivity index (χ1n) is 9.58. The number of nitrogens with one attached hydrogen (secondary N) is 1. The van der Waals surface area contributed by atoms with E-state index in [0.29, 0.717) is 11.3 Å².